The zero-order chi connectivity index (χ0) is 16.0. The topological polar surface area (TPSA) is 52.8 Å². The van der Waals surface area contributed by atoms with Crippen molar-refractivity contribution >= 4 is 40.0 Å². The molecule has 0 fully saturated rings. The van der Waals surface area contributed by atoms with Crippen LogP contribution in [-0.2, 0) is 0 Å². The van der Waals surface area contributed by atoms with Crippen molar-refractivity contribution in [1.29, 1.82) is 0 Å². The van der Waals surface area contributed by atoms with Gasteiger partial charge >= 0.3 is 0 Å². The minimum atomic E-state index is -0.121. The minimum absolute atomic E-state index is 0.121. The molecule has 2 N–H and O–H groups in total. The van der Waals surface area contributed by atoms with Gasteiger partial charge < -0.3 is 14.8 Å². The summed E-state index contributed by atoms with van der Waals surface area (Å²) in [5.41, 5.74) is 0.349. The lowest BCUT2D eigenvalue weighted by molar-refractivity contribution is -0.903. The summed E-state index contributed by atoms with van der Waals surface area (Å²) in [6, 6.07) is 2.99. The molecule has 4 nitrogen and oxygen atoms in total. The summed E-state index contributed by atoms with van der Waals surface area (Å²) in [5.74, 6) is 0.644. The molecule has 7 heteroatoms. The highest BCUT2D eigenvalue weighted by Crippen LogP contribution is 2.33. The number of hydrogen-bond acceptors (Lipinski definition) is 4. The number of aromatic hydroxyl groups is 1. The first-order valence-corrected chi connectivity index (χ1v) is 8.47. The van der Waals surface area contributed by atoms with Gasteiger partial charge in [-0.2, -0.15) is 0 Å². The highest BCUT2D eigenvalue weighted by molar-refractivity contribution is 8.14. The molecule has 0 aliphatic heterocycles. The van der Waals surface area contributed by atoms with E-state index >= 15 is 0 Å². The Kier molecular flexibility index (Phi) is 7.13. The Labute approximate surface area is 139 Å². The fourth-order valence-corrected chi connectivity index (χ4v) is 3.38. The van der Waals surface area contributed by atoms with Crippen molar-refractivity contribution < 1.29 is 14.8 Å². The summed E-state index contributed by atoms with van der Waals surface area (Å²) in [6.07, 6.45) is 0. The van der Waals surface area contributed by atoms with Gasteiger partial charge in [0.1, 0.15) is 10.8 Å². The first-order chi connectivity index (χ1) is 9.86. The molecule has 0 spiro atoms. The molecule has 0 saturated carbocycles. The lowest BCUT2D eigenvalue weighted by atomic mass is 10.2. The van der Waals surface area contributed by atoms with E-state index in [1.54, 1.807) is 6.07 Å². The largest absolute Gasteiger partial charge is 0.506 e. The molecule has 118 valence electrons. The van der Waals surface area contributed by atoms with E-state index in [4.69, 9.17) is 23.2 Å². The standard InChI is InChI=1S/C14H20Cl2N2O2S/c1-4-18(3,5-2)6-7-21-14(17-20)11-8-10(15)9-12(16)13(11)19/h8-9H,4-7H2,1-3H3,(H-,17,19,20)/p+1. The number of thioether (sulfide) groups is 1. The molecule has 0 unspecified atom stereocenters. The maximum absolute atomic E-state index is 9.98. The zero-order valence-corrected chi connectivity index (χ0v) is 14.8. The summed E-state index contributed by atoms with van der Waals surface area (Å²) in [5, 5.41) is 23.3. The van der Waals surface area contributed by atoms with Gasteiger partial charge in [0.15, 0.2) is 0 Å². The molecule has 21 heavy (non-hydrogen) atoms. The van der Waals surface area contributed by atoms with Crippen LogP contribution < -0.4 is 0 Å². The normalized spacial score (nSPS) is 12.7. The Bertz CT molecular complexity index is 520. The number of oxime groups is 1. The number of halogens is 2. The maximum atomic E-state index is 9.98. The summed E-state index contributed by atoms with van der Waals surface area (Å²) in [6.45, 7) is 7.31. The van der Waals surface area contributed by atoms with Crippen LogP contribution in [0.4, 0.5) is 0 Å². The van der Waals surface area contributed by atoms with Crippen LogP contribution in [0.1, 0.15) is 19.4 Å². The Morgan fingerprint density at radius 1 is 1.29 bits per heavy atom. The lowest BCUT2D eigenvalue weighted by Gasteiger charge is -2.31. The molecule has 0 saturated heterocycles. The molecule has 0 amide bonds. The van der Waals surface area contributed by atoms with Gasteiger partial charge in [-0.1, -0.05) is 40.1 Å². The van der Waals surface area contributed by atoms with Crippen LogP contribution in [-0.4, -0.2) is 52.3 Å². The van der Waals surface area contributed by atoms with Crippen LogP contribution in [0.3, 0.4) is 0 Å². The summed E-state index contributed by atoms with van der Waals surface area (Å²) < 4.78 is 0.938. The zero-order valence-electron chi connectivity index (χ0n) is 12.4. The Hall–Kier alpha value is -0.620. The average Bonchev–Trinajstić information content (AvgIpc) is 2.47. The number of benzene rings is 1. The highest BCUT2D eigenvalue weighted by Gasteiger charge is 2.19. The van der Waals surface area contributed by atoms with Gasteiger partial charge in [0.25, 0.3) is 0 Å². The van der Waals surface area contributed by atoms with Crippen LogP contribution in [0.25, 0.3) is 0 Å². The van der Waals surface area contributed by atoms with Crippen LogP contribution in [0.15, 0.2) is 17.3 Å². The summed E-state index contributed by atoms with van der Waals surface area (Å²) in [7, 11) is 2.18. The number of hydrogen-bond donors (Lipinski definition) is 2. The first kappa shape index (κ1) is 18.4. The third-order valence-corrected chi connectivity index (χ3v) is 5.21. The monoisotopic (exact) mass is 351 g/mol. The van der Waals surface area contributed by atoms with E-state index in [-0.39, 0.29) is 10.8 Å². The number of phenolic OH excluding ortho intramolecular Hbond substituents is 1. The minimum Gasteiger partial charge on any atom is -0.506 e. The number of phenols is 1. The van der Waals surface area contributed by atoms with Crippen molar-refractivity contribution in [3.63, 3.8) is 0 Å². The van der Waals surface area contributed by atoms with E-state index < -0.39 is 0 Å². The summed E-state index contributed by atoms with van der Waals surface area (Å²) >= 11 is 13.2. The van der Waals surface area contributed by atoms with E-state index in [0.29, 0.717) is 15.6 Å². The molecule has 0 aliphatic carbocycles. The third kappa shape index (κ3) is 4.95. The van der Waals surface area contributed by atoms with E-state index in [9.17, 15) is 10.3 Å². The van der Waals surface area contributed by atoms with Gasteiger partial charge in [-0.05, 0) is 26.0 Å². The van der Waals surface area contributed by atoms with Crippen LogP contribution in [0, 0.1) is 0 Å². The fraction of sp³-hybridized carbons (Fsp3) is 0.500. The average molecular weight is 352 g/mol. The second-order valence-corrected chi connectivity index (χ2v) is 6.94. The molecule has 1 aromatic carbocycles. The second kappa shape index (κ2) is 8.13. The van der Waals surface area contributed by atoms with Gasteiger partial charge in [0.2, 0.25) is 0 Å². The molecule has 0 radical (unpaired) electrons. The molecule has 1 rings (SSSR count). The van der Waals surface area contributed by atoms with Gasteiger partial charge in [-0.25, -0.2) is 0 Å². The Balaban J connectivity index is 2.82. The smallest absolute Gasteiger partial charge is 0.147 e. The van der Waals surface area contributed by atoms with Crippen LogP contribution in [0.2, 0.25) is 10.0 Å². The third-order valence-electron chi connectivity index (χ3n) is 3.75. The van der Waals surface area contributed by atoms with E-state index in [1.807, 2.05) is 0 Å². The maximum Gasteiger partial charge on any atom is 0.147 e. The van der Waals surface area contributed by atoms with Crippen molar-refractivity contribution in [2.75, 3.05) is 32.4 Å². The van der Waals surface area contributed by atoms with Gasteiger partial charge in [-0.3, -0.25) is 0 Å². The van der Waals surface area contributed by atoms with E-state index in [1.165, 1.54) is 17.8 Å². The highest BCUT2D eigenvalue weighted by atomic mass is 35.5. The van der Waals surface area contributed by atoms with Gasteiger partial charge in [0, 0.05) is 10.8 Å². The number of rotatable bonds is 6. The fourth-order valence-electron chi connectivity index (χ4n) is 1.79. The molecule has 1 aromatic rings. The Morgan fingerprint density at radius 2 is 1.90 bits per heavy atom. The molecule has 0 aromatic heterocycles. The Morgan fingerprint density at radius 3 is 2.43 bits per heavy atom. The van der Waals surface area contributed by atoms with Crippen molar-refractivity contribution in [3.8, 4) is 5.75 Å². The van der Waals surface area contributed by atoms with Gasteiger partial charge in [0.05, 0.1) is 37.3 Å². The second-order valence-electron chi connectivity index (χ2n) is 5.01. The number of quaternary nitrogens is 1. The van der Waals surface area contributed by atoms with E-state index in [0.717, 1.165) is 29.9 Å². The quantitative estimate of drug-likeness (QED) is 0.267. The molecular formula is C14H21Cl2N2O2S+. The molecular weight excluding hydrogens is 331 g/mol. The van der Waals surface area contributed by atoms with Crippen molar-refractivity contribution in [1.82, 2.24) is 0 Å². The van der Waals surface area contributed by atoms with E-state index in [2.05, 4.69) is 26.1 Å². The predicted octanol–water partition coefficient (Wildman–Crippen LogP) is 4.05. The molecule has 0 aliphatic rings. The van der Waals surface area contributed by atoms with Crippen molar-refractivity contribution in [2.24, 2.45) is 5.16 Å². The summed E-state index contributed by atoms with van der Waals surface area (Å²) in [4.78, 5) is 0. The number of nitrogens with zero attached hydrogens (tertiary/aromatic N) is 2. The predicted molar refractivity (Wildman–Crippen MR) is 91.0 cm³/mol. The van der Waals surface area contributed by atoms with Gasteiger partial charge in [-0.15, -0.1) is 0 Å². The molecule has 0 heterocycles. The molecule has 0 atom stereocenters. The van der Waals surface area contributed by atoms with Crippen LogP contribution in [0.5, 0.6) is 5.75 Å². The SMILES string of the molecule is CC[N+](C)(CC)CCS/C(=N/O)c1cc(Cl)cc(Cl)c1O. The van der Waals surface area contributed by atoms with Crippen molar-refractivity contribution in [3.05, 3.63) is 27.7 Å². The molecule has 0 bridgehead atoms. The van der Waals surface area contributed by atoms with Crippen LogP contribution >= 0.6 is 35.0 Å². The first-order valence-electron chi connectivity index (χ1n) is 6.73. The van der Waals surface area contributed by atoms with Crippen molar-refractivity contribution in [2.45, 2.75) is 13.8 Å². The lowest BCUT2D eigenvalue weighted by Crippen LogP contribution is -2.45.